The van der Waals surface area contributed by atoms with Crippen LogP contribution in [0.25, 0.3) is 0 Å². The molecule has 0 radical (unpaired) electrons. The maximum absolute atomic E-state index is 12.3. The Morgan fingerprint density at radius 1 is 1.39 bits per heavy atom. The summed E-state index contributed by atoms with van der Waals surface area (Å²) in [6.45, 7) is 1.34. The number of piperidine rings is 1. The van der Waals surface area contributed by atoms with Gasteiger partial charge >= 0.3 is 0 Å². The Morgan fingerprint density at radius 2 is 2.00 bits per heavy atom. The van der Waals surface area contributed by atoms with E-state index < -0.39 is 12.1 Å². The molecule has 0 aliphatic carbocycles. The first-order valence-electron chi connectivity index (χ1n) is 7.99. The Kier molecular flexibility index (Phi) is 7.21. The van der Waals surface area contributed by atoms with Crippen LogP contribution in [0, 0.1) is 5.92 Å². The molecule has 1 aromatic carbocycles. The van der Waals surface area contributed by atoms with Gasteiger partial charge in [-0.1, -0.05) is 23.7 Å². The molecular formula is C17H25ClN2O2S. The zero-order chi connectivity index (χ0) is 16.8. The predicted molar refractivity (Wildman–Crippen MR) is 96.7 cm³/mol. The van der Waals surface area contributed by atoms with Crippen molar-refractivity contribution < 1.29 is 9.90 Å². The third-order valence-corrected chi connectivity index (χ3v) is 5.36. The molecule has 0 bridgehead atoms. The van der Waals surface area contributed by atoms with Crippen molar-refractivity contribution in [3.05, 3.63) is 34.9 Å². The normalized spacial score (nSPS) is 18.7. The Labute approximate surface area is 147 Å². The number of nitrogens with zero attached hydrogens (tertiary/aromatic N) is 1. The van der Waals surface area contributed by atoms with E-state index in [2.05, 4.69) is 0 Å². The maximum Gasteiger partial charge on any atom is 0.239 e. The quantitative estimate of drug-likeness (QED) is 0.822. The first-order chi connectivity index (χ1) is 11.0. The van der Waals surface area contributed by atoms with Gasteiger partial charge in [0.25, 0.3) is 0 Å². The molecule has 0 spiro atoms. The van der Waals surface area contributed by atoms with Gasteiger partial charge in [-0.05, 0) is 54.9 Å². The standard InChI is InChI=1S/C17H25ClN2O2S/c1-23-11-8-15(19)17(22)20-9-6-13(7-10-20)16(21)12-2-4-14(18)5-3-12/h2-5,13,15-16,21H,6-11,19H2,1H3/t15-,16?/m0/s1. The average Bonchev–Trinajstić information content (AvgIpc) is 2.59. The fourth-order valence-electron chi connectivity index (χ4n) is 2.97. The molecule has 2 atom stereocenters. The number of aliphatic hydroxyl groups is 1. The van der Waals surface area contributed by atoms with Crippen LogP contribution in [-0.4, -0.2) is 47.1 Å². The Bertz CT molecular complexity index is 504. The molecule has 1 amide bonds. The van der Waals surface area contributed by atoms with Crippen molar-refractivity contribution in [2.45, 2.75) is 31.4 Å². The highest BCUT2D eigenvalue weighted by molar-refractivity contribution is 7.98. The molecule has 0 aromatic heterocycles. The highest BCUT2D eigenvalue weighted by Crippen LogP contribution is 2.31. The summed E-state index contributed by atoms with van der Waals surface area (Å²) >= 11 is 7.59. The fraction of sp³-hybridized carbons (Fsp3) is 0.588. The molecule has 1 aliphatic rings. The van der Waals surface area contributed by atoms with Crippen LogP contribution >= 0.6 is 23.4 Å². The minimum atomic E-state index is -0.505. The number of benzene rings is 1. The number of amides is 1. The second-order valence-corrected chi connectivity index (χ2v) is 7.47. The van der Waals surface area contributed by atoms with Gasteiger partial charge in [0.2, 0.25) is 5.91 Å². The van der Waals surface area contributed by atoms with Crippen molar-refractivity contribution in [2.75, 3.05) is 25.1 Å². The second kappa shape index (κ2) is 8.92. The lowest BCUT2D eigenvalue weighted by molar-refractivity contribution is -0.134. The molecule has 4 nitrogen and oxygen atoms in total. The van der Waals surface area contributed by atoms with Gasteiger partial charge in [-0.3, -0.25) is 4.79 Å². The number of hydrogen-bond donors (Lipinski definition) is 2. The second-order valence-electron chi connectivity index (χ2n) is 6.05. The minimum absolute atomic E-state index is 0.0403. The molecule has 1 aromatic rings. The summed E-state index contributed by atoms with van der Waals surface area (Å²) in [5, 5.41) is 11.2. The van der Waals surface area contributed by atoms with Crippen LogP contribution in [-0.2, 0) is 4.79 Å². The van der Waals surface area contributed by atoms with E-state index in [0.717, 1.165) is 24.2 Å². The SMILES string of the molecule is CSCC[C@H](N)C(=O)N1CCC(C(O)c2ccc(Cl)cc2)CC1. The monoisotopic (exact) mass is 356 g/mol. The zero-order valence-corrected chi connectivity index (χ0v) is 15.0. The van der Waals surface area contributed by atoms with Gasteiger partial charge in [0.1, 0.15) is 0 Å². The molecule has 6 heteroatoms. The van der Waals surface area contributed by atoms with Crippen LogP contribution in [0.1, 0.15) is 30.9 Å². The van der Waals surface area contributed by atoms with E-state index in [4.69, 9.17) is 17.3 Å². The molecule has 0 saturated carbocycles. The third-order valence-electron chi connectivity index (χ3n) is 4.46. The summed E-state index contributed by atoms with van der Waals surface area (Å²) in [5.74, 6) is 1.11. The predicted octanol–water partition coefficient (Wildman–Crippen LogP) is 2.69. The van der Waals surface area contributed by atoms with Crippen LogP contribution in [0.2, 0.25) is 5.02 Å². The number of carbonyl (C=O) groups excluding carboxylic acids is 1. The van der Waals surface area contributed by atoms with Gasteiger partial charge in [-0.25, -0.2) is 0 Å². The molecule has 2 rings (SSSR count). The summed E-state index contributed by atoms with van der Waals surface area (Å²) in [6, 6.07) is 6.92. The lowest BCUT2D eigenvalue weighted by Crippen LogP contribution is -2.47. The van der Waals surface area contributed by atoms with Crippen LogP contribution in [0.5, 0.6) is 0 Å². The van der Waals surface area contributed by atoms with Crippen molar-refractivity contribution in [3.63, 3.8) is 0 Å². The van der Waals surface area contributed by atoms with Crippen LogP contribution in [0.15, 0.2) is 24.3 Å². The molecule has 1 unspecified atom stereocenters. The molecule has 23 heavy (non-hydrogen) atoms. The van der Waals surface area contributed by atoms with E-state index in [-0.39, 0.29) is 11.8 Å². The summed E-state index contributed by atoms with van der Waals surface area (Å²) in [4.78, 5) is 14.1. The Morgan fingerprint density at radius 3 is 2.57 bits per heavy atom. The largest absolute Gasteiger partial charge is 0.388 e. The van der Waals surface area contributed by atoms with Crippen LogP contribution in [0.4, 0.5) is 0 Å². The van der Waals surface area contributed by atoms with Gasteiger partial charge in [0.05, 0.1) is 12.1 Å². The van der Waals surface area contributed by atoms with Gasteiger partial charge in [-0.2, -0.15) is 11.8 Å². The average molecular weight is 357 g/mol. The van der Waals surface area contributed by atoms with Crippen molar-refractivity contribution in [1.29, 1.82) is 0 Å². The first-order valence-corrected chi connectivity index (χ1v) is 9.77. The summed E-state index contributed by atoms with van der Waals surface area (Å²) in [6.07, 6.45) is 3.82. The van der Waals surface area contributed by atoms with Crippen LogP contribution in [0.3, 0.4) is 0 Å². The number of rotatable bonds is 6. The van der Waals surface area contributed by atoms with Crippen molar-refractivity contribution >= 4 is 29.3 Å². The van der Waals surface area contributed by atoms with E-state index in [1.54, 1.807) is 23.9 Å². The van der Waals surface area contributed by atoms with Crippen molar-refractivity contribution in [1.82, 2.24) is 4.90 Å². The molecule has 1 saturated heterocycles. The molecule has 3 N–H and O–H groups in total. The molecule has 1 aliphatic heterocycles. The van der Waals surface area contributed by atoms with Crippen molar-refractivity contribution in [3.8, 4) is 0 Å². The Hall–Kier alpha value is -0.750. The van der Waals surface area contributed by atoms with Crippen molar-refractivity contribution in [2.24, 2.45) is 11.7 Å². The number of aliphatic hydroxyl groups excluding tert-OH is 1. The molecule has 1 heterocycles. The molecule has 128 valence electrons. The lowest BCUT2D eigenvalue weighted by Gasteiger charge is -2.35. The van der Waals surface area contributed by atoms with Gasteiger partial charge < -0.3 is 15.7 Å². The van der Waals surface area contributed by atoms with Crippen LogP contribution < -0.4 is 5.73 Å². The smallest absolute Gasteiger partial charge is 0.239 e. The van der Waals surface area contributed by atoms with E-state index in [0.29, 0.717) is 24.5 Å². The number of likely N-dealkylation sites (tertiary alicyclic amines) is 1. The van der Waals surface area contributed by atoms with Gasteiger partial charge in [-0.15, -0.1) is 0 Å². The summed E-state index contributed by atoms with van der Waals surface area (Å²) in [7, 11) is 0. The fourth-order valence-corrected chi connectivity index (χ4v) is 3.59. The number of nitrogens with two attached hydrogens (primary N) is 1. The molecular weight excluding hydrogens is 332 g/mol. The van der Waals surface area contributed by atoms with E-state index in [1.165, 1.54) is 0 Å². The lowest BCUT2D eigenvalue weighted by atomic mass is 9.87. The topological polar surface area (TPSA) is 66.6 Å². The number of carbonyl (C=O) groups is 1. The summed E-state index contributed by atoms with van der Waals surface area (Å²) in [5.41, 5.74) is 6.85. The number of thioether (sulfide) groups is 1. The number of halogens is 1. The minimum Gasteiger partial charge on any atom is -0.388 e. The van der Waals surface area contributed by atoms with E-state index in [1.807, 2.05) is 23.3 Å². The molecule has 1 fully saturated rings. The maximum atomic E-state index is 12.3. The van der Waals surface area contributed by atoms with E-state index >= 15 is 0 Å². The highest BCUT2D eigenvalue weighted by Gasteiger charge is 2.29. The zero-order valence-electron chi connectivity index (χ0n) is 13.5. The van der Waals surface area contributed by atoms with Gasteiger partial charge in [0, 0.05) is 18.1 Å². The summed E-state index contributed by atoms with van der Waals surface area (Å²) < 4.78 is 0. The first kappa shape index (κ1) is 18.6. The van der Waals surface area contributed by atoms with E-state index in [9.17, 15) is 9.90 Å². The Balaban J connectivity index is 1.85. The van der Waals surface area contributed by atoms with Gasteiger partial charge in [0.15, 0.2) is 0 Å². The highest BCUT2D eigenvalue weighted by atomic mass is 35.5. The third kappa shape index (κ3) is 5.11. The number of hydrogen-bond acceptors (Lipinski definition) is 4.